The van der Waals surface area contributed by atoms with Gasteiger partial charge in [0.05, 0.1) is 11.9 Å². The highest BCUT2D eigenvalue weighted by Gasteiger charge is 1.91. The molecule has 0 radical (unpaired) electrons. The van der Waals surface area contributed by atoms with Gasteiger partial charge in [0.1, 0.15) is 6.34 Å². The summed E-state index contributed by atoms with van der Waals surface area (Å²) in [5.74, 6) is 0. The predicted octanol–water partition coefficient (Wildman–Crippen LogP) is 1.37. The largest absolute Gasteiger partial charge is 0.289 e. The molecular weight excluding hydrogens is 126 g/mol. The monoisotopic (exact) mass is 135 g/mol. The highest BCUT2D eigenvalue weighted by Crippen LogP contribution is 1.97. The minimum Gasteiger partial charge on any atom is -0.289 e. The summed E-state index contributed by atoms with van der Waals surface area (Å²) in [6, 6.07) is 1.85. The van der Waals surface area contributed by atoms with Crippen molar-refractivity contribution in [2.24, 2.45) is 0 Å². The van der Waals surface area contributed by atoms with Crippen LogP contribution in [0.5, 0.6) is 0 Å². The molecular formula is C7H9N3. The maximum atomic E-state index is 6.92. The summed E-state index contributed by atoms with van der Waals surface area (Å²) >= 11 is 0. The molecule has 1 heterocycles. The van der Waals surface area contributed by atoms with E-state index < -0.39 is 0 Å². The van der Waals surface area contributed by atoms with Gasteiger partial charge in [0.15, 0.2) is 0 Å². The molecule has 3 nitrogen and oxygen atoms in total. The van der Waals surface area contributed by atoms with Gasteiger partial charge < -0.3 is 0 Å². The van der Waals surface area contributed by atoms with Crippen LogP contribution < -0.4 is 0 Å². The molecule has 0 saturated heterocycles. The molecule has 0 fully saturated rings. The van der Waals surface area contributed by atoms with Gasteiger partial charge in [0, 0.05) is 0 Å². The number of nitrogens with one attached hydrogen (secondary N) is 1. The Balaban J connectivity index is 3.00. The summed E-state index contributed by atoms with van der Waals surface area (Å²) in [5, 5.41) is 10.8. The topological polar surface area (TPSA) is 41.7 Å². The quantitative estimate of drug-likeness (QED) is 0.483. The van der Waals surface area contributed by atoms with Crippen molar-refractivity contribution in [2.45, 2.75) is 6.92 Å². The molecule has 0 aliphatic rings. The molecule has 1 N–H and O–H groups in total. The second-order valence-electron chi connectivity index (χ2n) is 1.83. The van der Waals surface area contributed by atoms with Gasteiger partial charge in [0.2, 0.25) is 0 Å². The summed E-state index contributed by atoms with van der Waals surface area (Å²) in [7, 11) is 0. The van der Waals surface area contributed by atoms with Crippen LogP contribution in [-0.4, -0.2) is 16.1 Å². The van der Waals surface area contributed by atoms with E-state index in [4.69, 9.17) is 5.41 Å². The Morgan fingerprint density at radius 1 is 1.70 bits per heavy atom. The average molecular weight is 135 g/mol. The van der Waals surface area contributed by atoms with E-state index in [-0.39, 0.29) is 0 Å². The molecule has 1 aromatic heterocycles. The van der Waals surface area contributed by atoms with E-state index in [2.05, 4.69) is 5.10 Å². The Morgan fingerprint density at radius 3 is 3.10 bits per heavy atom. The van der Waals surface area contributed by atoms with Crippen LogP contribution in [0.25, 0.3) is 6.08 Å². The van der Waals surface area contributed by atoms with E-state index in [0.29, 0.717) is 0 Å². The molecule has 0 spiro atoms. The Labute approximate surface area is 59.5 Å². The van der Waals surface area contributed by atoms with Gasteiger partial charge in [-0.1, -0.05) is 6.08 Å². The lowest BCUT2D eigenvalue weighted by Gasteiger charge is -1.91. The van der Waals surface area contributed by atoms with Crippen LogP contribution >= 0.6 is 0 Å². The molecule has 1 rings (SSSR count). The molecule has 10 heavy (non-hydrogen) atoms. The minimum atomic E-state index is 0.928. The van der Waals surface area contributed by atoms with Gasteiger partial charge in [-0.3, -0.25) is 5.41 Å². The number of hydrogen-bond acceptors (Lipinski definition) is 2. The summed E-state index contributed by atoms with van der Waals surface area (Å²) in [4.78, 5) is 0. The van der Waals surface area contributed by atoms with E-state index in [9.17, 15) is 0 Å². The van der Waals surface area contributed by atoms with E-state index in [0.717, 1.165) is 5.69 Å². The third-order valence-electron chi connectivity index (χ3n) is 1.16. The van der Waals surface area contributed by atoms with Crippen molar-refractivity contribution >= 4 is 12.4 Å². The van der Waals surface area contributed by atoms with Crippen LogP contribution in [0.1, 0.15) is 12.6 Å². The highest BCUT2D eigenvalue weighted by molar-refractivity contribution is 5.60. The minimum absolute atomic E-state index is 0.928. The Kier molecular flexibility index (Phi) is 1.99. The van der Waals surface area contributed by atoms with Crippen LogP contribution in [0.2, 0.25) is 0 Å². The molecule has 52 valence electrons. The van der Waals surface area contributed by atoms with E-state index in [1.807, 2.05) is 25.1 Å². The lowest BCUT2D eigenvalue weighted by molar-refractivity contribution is 0.939. The van der Waals surface area contributed by atoms with E-state index >= 15 is 0 Å². The van der Waals surface area contributed by atoms with Crippen molar-refractivity contribution in [3.63, 3.8) is 0 Å². The van der Waals surface area contributed by atoms with Crippen molar-refractivity contribution in [3.05, 3.63) is 24.0 Å². The van der Waals surface area contributed by atoms with Gasteiger partial charge in [-0.25, -0.2) is 4.68 Å². The Bertz CT molecular complexity index is 247. The van der Waals surface area contributed by atoms with Gasteiger partial charge in [0.25, 0.3) is 0 Å². The molecule has 0 unspecified atom stereocenters. The number of allylic oxidation sites excluding steroid dienone is 1. The highest BCUT2D eigenvalue weighted by atomic mass is 15.3. The van der Waals surface area contributed by atoms with Crippen LogP contribution in [0.15, 0.2) is 18.3 Å². The zero-order chi connectivity index (χ0) is 7.40. The van der Waals surface area contributed by atoms with Crippen molar-refractivity contribution in [2.75, 3.05) is 0 Å². The molecule has 0 atom stereocenters. The van der Waals surface area contributed by atoms with E-state index in [1.165, 1.54) is 11.0 Å². The molecule has 3 heteroatoms. The number of aromatic nitrogens is 2. The van der Waals surface area contributed by atoms with Crippen molar-refractivity contribution in [1.29, 1.82) is 5.41 Å². The molecule has 0 aliphatic heterocycles. The molecule has 0 amide bonds. The fourth-order valence-corrected chi connectivity index (χ4v) is 0.735. The third kappa shape index (κ3) is 1.13. The van der Waals surface area contributed by atoms with Gasteiger partial charge >= 0.3 is 0 Å². The Hall–Kier alpha value is -1.38. The smallest absolute Gasteiger partial charge is 0.109 e. The molecule has 0 aliphatic carbocycles. The summed E-state index contributed by atoms with van der Waals surface area (Å²) in [6.45, 7) is 1.93. The summed E-state index contributed by atoms with van der Waals surface area (Å²) in [5.41, 5.74) is 0.928. The first kappa shape index (κ1) is 6.74. The molecule has 1 aromatic rings. The lowest BCUT2D eigenvalue weighted by Crippen LogP contribution is -1.97. The number of hydrogen-bond donors (Lipinski definition) is 1. The molecule has 0 bridgehead atoms. The van der Waals surface area contributed by atoms with Crippen molar-refractivity contribution < 1.29 is 0 Å². The second kappa shape index (κ2) is 2.96. The maximum absolute atomic E-state index is 6.92. The van der Waals surface area contributed by atoms with Crippen molar-refractivity contribution in [1.82, 2.24) is 9.78 Å². The predicted molar refractivity (Wildman–Crippen MR) is 41.1 cm³/mol. The first-order chi connectivity index (χ1) is 4.88. The zero-order valence-electron chi connectivity index (χ0n) is 5.78. The SMILES string of the molecule is C/C=C\c1ccnn1C=N. The van der Waals surface area contributed by atoms with Crippen LogP contribution in [0.3, 0.4) is 0 Å². The fraction of sp³-hybridized carbons (Fsp3) is 0.143. The molecule has 0 aromatic carbocycles. The molecule has 0 saturated carbocycles. The van der Waals surface area contributed by atoms with Gasteiger partial charge in [-0.15, -0.1) is 0 Å². The zero-order valence-corrected chi connectivity index (χ0v) is 5.78. The normalized spacial score (nSPS) is 10.5. The maximum Gasteiger partial charge on any atom is 0.109 e. The van der Waals surface area contributed by atoms with Gasteiger partial charge in [-0.2, -0.15) is 5.10 Å². The van der Waals surface area contributed by atoms with Crippen LogP contribution in [-0.2, 0) is 0 Å². The fourth-order valence-electron chi connectivity index (χ4n) is 0.735. The summed E-state index contributed by atoms with van der Waals surface area (Å²) in [6.07, 6.45) is 6.66. The standard InChI is InChI=1S/C7H9N3/c1-2-3-7-4-5-9-10(7)6-8/h2-6,8H,1H3/b3-2-,8-6?. The Morgan fingerprint density at radius 2 is 2.50 bits per heavy atom. The van der Waals surface area contributed by atoms with E-state index in [1.54, 1.807) is 6.20 Å². The average Bonchev–Trinajstić information content (AvgIpc) is 2.36. The van der Waals surface area contributed by atoms with Crippen LogP contribution in [0, 0.1) is 5.41 Å². The third-order valence-corrected chi connectivity index (χ3v) is 1.16. The number of rotatable bonds is 2. The van der Waals surface area contributed by atoms with Gasteiger partial charge in [-0.05, 0) is 19.1 Å². The lowest BCUT2D eigenvalue weighted by atomic mass is 10.4. The number of nitrogens with zero attached hydrogens (tertiary/aromatic N) is 2. The van der Waals surface area contributed by atoms with Crippen molar-refractivity contribution in [3.8, 4) is 0 Å². The second-order valence-corrected chi connectivity index (χ2v) is 1.83. The first-order valence-electron chi connectivity index (χ1n) is 3.05. The van der Waals surface area contributed by atoms with Crippen LogP contribution in [0.4, 0.5) is 0 Å². The summed E-state index contributed by atoms with van der Waals surface area (Å²) < 4.78 is 1.50. The first-order valence-corrected chi connectivity index (χ1v) is 3.05.